The van der Waals surface area contributed by atoms with Gasteiger partial charge in [0.2, 0.25) is 0 Å². The van der Waals surface area contributed by atoms with E-state index in [4.69, 9.17) is 9.47 Å². The van der Waals surface area contributed by atoms with Crippen LogP contribution in [0.1, 0.15) is 54.4 Å². The summed E-state index contributed by atoms with van der Waals surface area (Å²) in [6.45, 7) is 21.6. The maximum atomic E-state index is 11.8. The molecule has 0 aliphatic heterocycles. The van der Waals surface area contributed by atoms with E-state index in [1.54, 1.807) is 0 Å². The van der Waals surface area contributed by atoms with E-state index in [2.05, 4.69) is 41.5 Å². The van der Waals surface area contributed by atoms with E-state index in [-0.39, 0.29) is 72.7 Å². The molecule has 170 valence electrons. The van der Waals surface area contributed by atoms with E-state index < -0.39 is 0 Å². The van der Waals surface area contributed by atoms with Crippen LogP contribution in [-0.4, -0.2) is 86.5 Å². The van der Waals surface area contributed by atoms with E-state index in [1.165, 1.54) is 0 Å². The summed E-state index contributed by atoms with van der Waals surface area (Å²) in [5.74, 6) is -0.631. The maximum absolute atomic E-state index is 11.8. The Morgan fingerprint density at radius 3 is 1.04 bits per heavy atom. The van der Waals surface area contributed by atoms with Gasteiger partial charge in [0.1, 0.15) is 26.3 Å². The highest BCUT2D eigenvalue weighted by molar-refractivity contribution is 5.77. The summed E-state index contributed by atoms with van der Waals surface area (Å²) in [5, 5.41) is 0. The minimum absolute atomic E-state index is 0. The monoisotopic (exact) mass is 628 g/mol. The number of carbonyl (C=O) groups excluding carboxylic acids is 2. The Morgan fingerprint density at radius 1 is 0.571 bits per heavy atom. The fourth-order valence-electron chi connectivity index (χ4n) is 3.35. The molecule has 0 saturated heterocycles. The second kappa shape index (κ2) is 18.1. The van der Waals surface area contributed by atoms with Gasteiger partial charge in [0.25, 0.3) is 0 Å². The van der Waals surface area contributed by atoms with Crippen LogP contribution in [0.25, 0.3) is 0 Å². The quantitative estimate of drug-likeness (QED) is 0.108. The Kier molecular flexibility index (Phi) is 21.3. The first-order valence-corrected chi connectivity index (χ1v) is 10.4. The van der Waals surface area contributed by atoms with Crippen LogP contribution in [0.4, 0.5) is 0 Å². The summed E-state index contributed by atoms with van der Waals surface area (Å²) < 4.78 is 12.5. The van der Waals surface area contributed by atoms with Crippen molar-refractivity contribution in [2.24, 2.45) is 0 Å². The zero-order valence-electron chi connectivity index (χ0n) is 18.8. The smallest absolute Gasteiger partial charge is 0.306 e. The van der Waals surface area contributed by atoms with Gasteiger partial charge in [-0.2, -0.15) is 0 Å². The molecule has 0 unspecified atom stereocenters. The summed E-state index contributed by atoms with van der Waals surface area (Å²) in [6.07, 6.45) is 0.192. The second-order valence-corrected chi connectivity index (χ2v) is 6.97. The van der Waals surface area contributed by atoms with Gasteiger partial charge in [-0.25, -0.2) is 0 Å². The molecule has 28 heavy (non-hydrogen) atoms. The lowest BCUT2D eigenvalue weighted by Crippen LogP contribution is -3.00. The van der Waals surface area contributed by atoms with Crippen molar-refractivity contribution >= 4 is 11.9 Å². The third-order valence-electron chi connectivity index (χ3n) is 6.22. The first-order valence-electron chi connectivity index (χ1n) is 10.4. The Balaban J connectivity index is -0.00000312. The number of quaternary nitrogens is 2. The molecule has 0 aliphatic rings. The maximum Gasteiger partial charge on any atom is 0.306 e. The molecule has 0 atom stereocenters. The summed E-state index contributed by atoms with van der Waals surface area (Å²) in [6, 6.07) is 0. The molecule has 0 saturated carbocycles. The van der Waals surface area contributed by atoms with Gasteiger partial charge >= 0.3 is 11.9 Å². The average molecular weight is 628 g/mol. The van der Waals surface area contributed by atoms with Crippen LogP contribution in [-0.2, 0) is 19.1 Å². The van der Waals surface area contributed by atoms with Crippen molar-refractivity contribution in [3.05, 3.63) is 0 Å². The van der Waals surface area contributed by atoms with Gasteiger partial charge in [-0.05, 0) is 41.5 Å². The number of nitrogens with zero attached hydrogens (tertiary/aromatic N) is 2. The topological polar surface area (TPSA) is 52.6 Å². The third kappa shape index (κ3) is 12.1. The van der Waals surface area contributed by atoms with Gasteiger partial charge in [0.15, 0.2) is 0 Å². The molecule has 0 amide bonds. The van der Waals surface area contributed by atoms with Crippen LogP contribution in [0.3, 0.4) is 0 Å². The summed E-state index contributed by atoms with van der Waals surface area (Å²) in [4.78, 5) is 23.7. The van der Waals surface area contributed by atoms with Crippen LogP contribution in [0.15, 0.2) is 0 Å². The van der Waals surface area contributed by atoms with Crippen LogP contribution >= 0.6 is 0 Å². The van der Waals surface area contributed by atoms with E-state index in [1.807, 2.05) is 0 Å². The number of hydrogen-bond acceptors (Lipinski definition) is 4. The molecule has 6 nitrogen and oxygen atoms in total. The SMILES string of the molecule is CC[N+](CC)(CC)CCOC(=O)CCC(=O)OCC[N+](CC)(CC)CC.[I-].[I-]. The van der Waals surface area contributed by atoms with Gasteiger partial charge in [0, 0.05) is 0 Å². The number of likely N-dealkylation sites (N-methyl/N-ethyl adjacent to an activating group) is 2. The number of ether oxygens (including phenoxy) is 2. The Labute approximate surface area is 206 Å². The molecular formula is C20H42I2N2O4. The van der Waals surface area contributed by atoms with Gasteiger partial charge in [0.05, 0.1) is 52.1 Å². The van der Waals surface area contributed by atoms with E-state index >= 15 is 0 Å². The van der Waals surface area contributed by atoms with Gasteiger partial charge < -0.3 is 66.4 Å². The highest BCUT2D eigenvalue weighted by atomic mass is 127. The van der Waals surface area contributed by atoms with Crippen molar-refractivity contribution in [3.8, 4) is 0 Å². The predicted molar refractivity (Wildman–Crippen MR) is 105 cm³/mol. The largest absolute Gasteiger partial charge is 1.00 e. The number of esters is 2. The fourth-order valence-corrected chi connectivity index (χ4v) is 3.35. The summed E-state index contributed by atoms with van der Waals surface area (Å²) >= 11 is 0. The van der Waals surface area contributed by atoms with Crippen molar-refractivity contribution in [2.75, 3.05) is 65.6 Å². The molecule has 0 fully saturated rings. The first kappa shape index (κ1) is 33.0. The van der Waals surface area contributed by atoms with Crippen molar-refractivity contribution in [1.29, 1.82) is 0 Å². The standard InChI is InChI=1S/C20H42N2O4.2HI/c1-7-21(8-2,9-3)15-17-25-19(23)13-14-20(24)26-18-16-22(10-4,11-5)12-6;;/h7-18H2,1-6H3;2*1H/q+2;;/p-2. The van der Waals surface area contributed by atoms with Crippen molar-refractivity contribution in [3.63, 3.8) is 0 Å². The third-order valence-corrected chi connectivity index (χ3v) is 6.22. The predicted octanol–water partition coefficient (Wildman–Crippen LogP) is -3.39. The zero-order valence-corrected chi connectivity index (χ0v) is 23.1. The second-order valence-electron chi connectivity index (χ2n) is 6.97. The molecule has 0 rings (SSSR count). The molecule has 0 spiro atoms. The number of halogens is 2. The van der Waals surface area contributed by atoms with Crippen LogP contribution in [0.5, 0.6) is 0 Å². The summed E-state index contributed by atoms with van der Waals surface area (Å²) in [5.41, 5.74) is 0. The van der Waals surface area contributed by atoms with Crippen LogP contribution in [0, 0.1) is 0 Å². The molecule has 0 bridgehead atoms. The van der Waals surface area contributed by atoms with Crippen LogP contribution < -0.4 is 48.0 Å². The van der Waals surface area contributed by atoms with Crippen molar-refractivity contribution in [1.82, 2.24) is 0 Å². The Morgan fingerprint density at radius 2 is 0.821 bits per heavy atom. The Bertz CT molecular complexity index is 360. The Hall–Kier alpha value is 0.320. The highest BCUT2D eigenvalue weighted by Gasteiger charge is 2.22. The first-order chi connectivity index (χ1) is 12.4. The molecule has 0 aromatic heterocycles. The van der Waals surface area contributed by atoms with Gasteiger partial charge in [-0.3, -0.25) is 9.59 Å². The van der Waals surface area contributed by atoms with Gasteiger partial charge in [-0.15, -0.1) is 0 Å². The molecule has 0 radical (unpaired) electrons. The van der Waals surface area contributed by atoms with Gasteiger partial charge in [-0.1, -0.05) is 0 Å². The molecule has 0 N–H and O–H groups in total. The lowest BCUT2D eigenvalue weighted by atomic mass is 10.3. The van der Waals surface area contributed by atoms with E-state index in [0.717, 1.165) is 61.3 Å². The molecule has 0 aromatic carbocycles. The number of rotatable bonds is 15. The van der Waals surface area contributed by atoms with Crippen molar-refractivity contribution in [2.45, 2.75) is 54.4 Å². The lowest BCUT2D eigenvalue weighted by molar-refractivity contribution is -0.923. The number of carbonyl (C=O) groups is 2. The molecule has 8 heteroatoms. The molecule has 0 aromatic rings. The lowest BCUT2D eigenvalue weighted by Gasteiger charge is -2.35. The van der Waals surface area contributed by atoms with Crippen LogP contribution in [0.2, 0.25) is 0 Å². The number of hydrogen-bond donors (Lipinski definition) is 0. The van der Waals surface area contributed by atoms with E-state index in [9.17, 15) is 9.59 Å². The molecule has 0 heterocycles. The molecular weight excluding hydrogens is 586 g/mol. The average Bonchev–Trinajstić information content (AvgIpc) is 2.68. The normalized spacial score (nSPS) is 11.2. The van der Waals surface area contributed by atoms with Crippen molar-refractivity contribution < 1.29 is 76.0 Å². The molecule has 0 aliphatic carbocycles. The minimum Gasteiger partial charge on any atom is -1.00 e. The zero-order chi connectivity index (χ0) is 20.1. The van der Waals surface area contributed by atoms with E-state index in [0.29, 0.717) is 13.2 Å². The summed E-state index contributed by atoms with van der Waals surface area (Å²) in [7, 11) is 0. The minimum atomic E-state index is -0.316. The highest BCUT2D eigenvalue weighted by Crippen LogP contribution is 2.07. The fraction of sp³-hybridized carbons (Fsp3) is 0.900.